The minimum Gasteiger partial charge on any atom is -0.390 e. The number of nitrogens with one attached hydrogen (secondary N) is 1. The molecular weight excluding hydrogens is 281 g/mol. The number of pyridine rings is 1. The van der Waals surface area contributed by atoms with Gasteiger partial charge in [0, 0.05) is 12.6 Å². The quantitative estimate of drug-likeness (QED) is 0.894. The fourth-order valence-corrected chi connectivity index (χ4v) is 2.64. The van der Waals surface area contributed by atoms with Crippen molar-refractivity contribution in [3.05, 3.63) is 59.3 Å². The molecule has 1 aromatic heterocycles. The molecule has 0 saturated carbocycles. The molecule has 1 aliphatic rings. The predicted molar refractivity (Wildman–Crippen MR) is 71.8 cm³/mol. The Hall–Kier alpha value is -2.08. The topological polar surface area (TPSA) is 45.1 Å². The monoisotopic (exact) mass is 294 g/mol. The van der Waals surface area contributed by atoms with Crippen LogP contribution in [0.5, 0.6) is 0 Å². The second-order valence-electron chi connectivity index (χ2n) is 4.99. The zero-order chi connectivity index (χ0) is 15.0. The van der Waals surface area contributed by atoms with E-state index in [4.69, 9.17) is 0 Å². The van der Waals surface area contributed by atoms with Crippen LogP contribution >= 0.6 is 0 Å². The van der Waals surface area contributed by atoms with Crippen LogP contribution in [0.15, 0.2) is 42.6 Å². The minimum absolute atomic E-state index is 0.259. The summed E-state index contributed by atoms with van der Waals surface area (Å²) in [5, 5.41) is 12.8. The number of nitrogens with zero attached hydrogens (tertiary/aromatic N) is 1. The Morgan fingerprint density at radius 1 is 1.14 bits per heavy atom. The van der Waals surface area contributed by atoms with E-state index in [0.717, 1.165) is 17.2 Å². The summed E-state index contributed by atoms with van der Waals surface area (Å²) in [5.74, 6) is -0.259. The van der Waals surface area contributed by atoms with E-state index in [1.807, 2.05) is 12.1 Å². The van der Waals surface area contributed by atoms with E-state index in [1.54, 1.807) is 12.1 Å². The fraction of sp³-hybridized carbons (Fsp3) is 0.267. The molecule has 110 valence electrons. The number of aliphatic hydroxyl groups is 1. The first-order valence-corrected chi connectivity index (χ1v) is 6.51. The second kappa shape index (κ2) is 5.04. The molecule has 0 saturated heterocycles. The molecule has 3 rings (SSSR count). The average molecular weight is 294 g/mol. The van der Waals surface area contributed by atoms with Crippen molar-refractivity contribution in [1.29, 1.82) is 0 Å². The van der Waals surface area contributed by atoms with E-state index < -0.39 is 23.9 Å². The lowest BCUT2D eigenvalue weighted by Gasteiger charge is -2.21. The highest BCUT2D eigenvalue weighted by molar-refractivity contribution is 5.50. The van der Waals surface area contributed by atoms with E-state index in [0.29, 0.717) is 6.42 Å². The van der Waals surface area contributed by atoms with Crippen LogP contribution in [0, 0.1) is 0 Å². The average Bonchev–Trinajstić information content (AvgIpc) is 2.75. The van der Waals surface area contributed by atoms with Crippen molar-refractivity contribution in [2.24, 2.45) is 0 Å². The third kappa shape index (κ3) is 2.58. The molecule has 6 heteroatoms. The first kappa shape index (κ1) is 13.9. The van der Waals surface area contributed by atoms with Crippen molar-refractivity contribution >= 4 is 5.82 Å². The first-order valence-electron chi connectivity index (χ1n) is 6.51. The van der Waals surface area contributed by atoms with Gasteiger partial charge >= 0.3 is 6.18 Å². The predicted octanol–water partition coefficient (Wildman–Crippen LogP) is 3.17. The van der Waals surface area contributed by atoms with Crippen LogP contribution in [0.2, 0.25) is 0 Å². The van der Waals surface area contributed by atoms with Crippen LogP contribution in [0.4, 0.5) is 19.0 Å². The lowest BCUT2D eigenvalue weighted by Crippen LogP contribution is -2.23. The zero-order valence-electron chi connectivity index (χ0n) is 10.9. The molecule has 0 spiro atoms. The van der Waals surface area contributed by atoms with Crippen molar-refractivity contribution in [3.8, 4) is 0 Å². The van der Waals surface area contributed by atoms with Gasteiger partial charge in [-0.1, -0.05) is 24.3 Å². The summed E-state index contributed by atoms with van der Waals surface area (Å²) in [4.78, 5) is 3.77. The Labute approximate surface area is 119 Å². The zero-order valence-corrected chi connectivity index (χ0v) is 10.9. The minimum atomic E-state index is -4.49. The van der Waals surface area contributed by atoms with Gasteiger partial charge in [0.2, 0.25) is 0 Å². The maximum atomic E-state index is 13.0. The molecule has 2 N–H and O–H groups in total. The number of anilines is 1. The lowest BCUT2D eigenvalue weighted by atomic mass is 10.1. The number of aromatic nitrogens is 1. The Balaban J connectivity index is 1.95. The van der Waals surface area contributed by atoms with E-state index in [1.165, 1.54) is 12.3 Å². The molecule has 2 atom stereocenters. The second-order valence-corrected chi connectivity index (χ2v) is 4.99. The highest BCUT2D eigenvalue weighted by Gasteiger charge is 2.37. The summed E-state index contributed by atoms with van der Waals surface area (Å²) >= 11 is 0. The molecule has 3 nitrogen and oxygen atoms in total. The van der Waals surface area contributed by atoms with Crippen molar-refractivity contribution in [2.45, 2.75) is 24.7 Å². The van der Waals surface area contributed by atoms with E-state index in [2.05, 4.69) is 10.3 Å². The van der Waals surface area contributed by atoms with Gasteiger partial charge in [-0.2, -0.15) is 13.2 Å². The number of alkyl halides is 3. The lowest BCUT2D eigenvalue weighted by molar-refractivity contribution is -0.137. The van der Waals surface area contributed by atoms with Gasteiger partial charge in [0.15, 0.2) is 0 Å². The van der Waals surface area contributed by atoms with Crippen LogP contribution in [-0.2, 0) is 12.6 Å². The summed E-state index contributed by atoms with van der Waals surface area (Å²) in [7, 11) is 0. The van der Waals surface area contributed by atoms with Gasteiger partial charge < -0.3 is 10.4 Å². The normalized spacial score (nSPS) is 21.1. The van der Waals surface area contributed by atoms with Crippen LogP contribution in [-0.4, -0.2) is 16.2 Å². The highest BCUT2D eigenvalue weighted by Crippen LogP contribution is 2.38. The molecule has 1 heterocycles. The van der Waals surface area contributed by atoms with Gasteiger partial charge in [0.05, 0.1) is 17.7 Å². The number of fused-ring (bicyclic) bond motifs is 1. The summed E-state index contributed by atoms with van der Waals surface area (Å²) in [6.45, 7) is 0. The molecule has 1 aliphatic carbocycles. The van der Waals surface area contributed by atoms with Gasteiger partial charge in [0.25, 0.3) is 0 Å². The molecule has 1 aromatic carbocycles. The number of halogens is 3. The Bertz CT molecular complexity index is 657. The first-order chi connectivity index (χ1) is 9.97. The van der Waals surface area contributed by atoms with Gasteiger partial charge in [-0.05, 0) is 23.3 Å². The largest absolute Gasteiger partial charge is 0.419 e. The summed E-state index contributed by atoms with van der Waals surface area (Å²) in [5.41, 5.74) is 0.914. The molecule has 21 heavy (non-hydrogen) atoms. The van der Waals surface area contributed by atoms with Crippen molar-refractivity contribution in [2.75, 3.05) is 5.32 Å². The van der Waals surface area contributed by atoms with Crippen LogP contribution < -0.4 is 5.32 Å². The Morgan fingerprint density at radius 3 is 2.67 bits per heavy atom. The molecule has 0 radical (unpaired) electrons. The van der Waals surface area contributed by atoms with Gasteiger partial charge in [-0.3, -0.25) is 0 Å². The van der Waals surface area contributed by atoms with Crippen molar-refractivity contribution < 1.29 is 18.3 Å². The van der Waals surface area contributed by atoms with Crippen molar-refractivity contribution in [3.63, 3.8) is 0 Å². The molecule has 0 amide bonds. The van der Waals surface area contributed by atoms with Gasteiger partial charge in [-0.15, -0.1) is 0 Å². The molecule has 0 unspecified atom stereocenters. The molecule has 0 bridgehead atoms. The maximum Gasteiger partial charge on any atom is 0.419 e. The number of hydrogen-bond acceptors (Lipinski definition) is 3. The van der Waals surface area contributed by atoms with E-state index >= 15 is 0 Å². The number of benzene rings is 1. The van der Waals surface area contributed by atoms with E-state index in [-0.39, 0.29) is 5.82 Å². The van der Waals surface area contributed by atoms with E-state index in [9.17, 15) is 18.3 Å². The van der Waals surface area contributed by atoms with Gasteiger partial charge in [-0.25, -0.2) is 4.98 Å². The number of rotatable bonds is 2. The van der Waals surface area contributed by atoms with Crippen LogP contribution in [0.3, 0.4) is 0 Å². The third-order valence-corrected chi connectivity index (χ3v) is 3.61. The fourth-order valence-electron chi connectivity index (χ4n) is 2.64. The van der Waals surface area contributed by atoms with Crippen LogP contribution in [0.25, 0.3) is 0 Å². The molecule has 0 aliphatic heterocycles. The van der Waals surface area contributed by atoms with Crippen LogP contribution in [0.1, 0.15) is 22.7 Å². The molecule has 2 aromatic rings. The molecule has 0 fully saturated rings. The maximum absolute atomic E-state index is 13.0. The SMILES string of the molecule is O[C@H]1Cc2ccccc2[C@H]1Nc1ncccc1C(F)(F)F. The number of aliphatic hydroxyl groups excluding tert-OH is 1. The van der Waals surface area contributed by atoms with Gasteiger partial charge in [0.1, 0.15) is 5.82 Å². The highest BCUT2D eigenvalue weighted by atomic mass is 19.4. The molecular formula is C15H13F3N2O. The summed E-state index contributed by atoms with van der Waals surface area (Å²) < 4.78 is 38.9. The Morgan fingerprint density at radius 2 is 1.90 bits per heavy atom. The summed E-state index contributed by atoms with van der Waals surface area (Å²) in [6.07, 6.45) is -3.54. The number of hydrogen-bond donors (Lipinski definition) is 2. The standard InChI is InChI=1S/C15H13F3N2O/c16-15(17,18)11-6-3-7-19-14(11)20-13-10-5-2-1-4-9(10)8-12(13)21/h1-7,12-13,21H,8H2,(H,19,20)/t12-,13+/m0/s1. The third-order valence-electron chi connectivity index (χ3n) is 3.61. The van der Waals surface area contributed by atoms with Crippen molar-refractivity contribution in [1.82, 2.24) is 4.98 Å². The Kier molecular flexibility index (Phi) is 3.33. The summed E-state index contributed by atoms with van der Waals surface area (Å²) in [6, 6.07) is 8.94. The smallest absolute Gasteiger partial charge is 0.390 e.